The van der Waals surface area contributed by atoms with Crippen molar-refractivity contribution in [3.8, 4) is 5.75 Å². The van der Waals surface area contributed by atoms with E-state index in [4.69, 9.17) is 16.3 Å². The van der Waals surface area contributed by atoms with E-state index in [1.165, 1.54) is 11.1 Å². The molecule has 2 aliphatic rings. The van der Waals surface area contributed by atoms with Crippen molar-refractivity contribution in [1.82, 2.24) is 0 Å². The van der Waals surface area contributed by atoms with Gasteiger partial charge in [0.2, 0.25) is 5.72 Å². The van der Waals surface area contributed by atoms with Gasteiger partial charge >= 0.3 is 0 Å². The number of nitrogens with zero attached hydrogens (tertiary/aromatic N) is 1. The van der Waals surface area contributed by atoms with Crippen LogP contribution in [0.25, 0.3) is 18.2 Å². The number of likely N-dealkylation sites (N-methyl/N-ethyl adjacent to an activating group) is 1. The summed E-state index contributed by atoms with van der Waals surface area (Å²) in [6, 6.07) is 22.8. The summed E-state index contributed by atoms with van der Waals surface area (Å²) in [5.74, 6) is 0.896. The molecule has 1 spiro atoms. The number of rotatable bonds is 2. The zero-order valence-corrected chi connectivity index (χ0v) is 18.1. The van der Waals surface area contributed by atoms with E-state index in [-0.39, 0.29) is 5.41 Å². The largest absolute Gasteiger partial charge is 0.463 e. The average molecular weight is 414 g/mol. The molecule has 3 aromatic rings. The van der Waals surface area contributed by atoms with Crippen molar-refractivity contribution in [1.29, 1.82) is 0 Å². The van der Waals surface area contributed by atoms with Crippen molar-refractivity contribution in [2.75, 3.05) is 11.9 Å². The first-order valence-electron chi connectivity index (χ1n) is 10.2. The topological polar surface area (TPSA) is 12.5 Å². The summed E-state index contributed by atoms with van der Waals surface area (Å²) in [4.78, 5) is 2.22. The molecule has 0 saturated carbocycles. The Labute approximate surface area is 183 Å². The van der Waals surface area contributed by atoms with Gasteiger partial charge in [-0.2, -0.15) is 0 Å². The van der Waals surface area contributed by atoms with Gasteiger partial charge in [-0.05, 0) is 73.0 Å². The smallest absolute Gasteiger partial charge is 0.211 e. The van der Waals surface area contributed by atoms with Crippen LogP contribution in [0.5, 0.6) is 5.75 Å². The lowest BCUT2D eigenvalue weighted by molar-refractivity contribution is 0.0582. The summed E-state index contributed by atoms with van der Waals surface area (Å²) < 4.78 is 6.72. The third-order valence-electron chi connectivity index (χ3n) is 6.44. The van der Waals surface area contributed by atoms with Crippen LogP contribution in [0.15, 0.2) is 72.8 Å². The molecule has 3 aromatic carbocycles. The second kappa shape index (κ2) is 6.78. The minimum Gasteiger partial charge on any atom is -0.463 e. The Morgan fingerprint density at radius 2 is 1.67 bits per heavy atom. The highest BCUT2D eigenvalue weighted by atomic mass is 35.5. The number of anilines is 1. The van der Waals surface area contributed by atoms with E-state index < -0.39 is 5.72 Å². The summed E-state index contributed by atoms with van der Waals surface area (Å²) >= 11 is 6.31. The predicted octanol–water partition coefficient (Wildman–Crippen LogP) is 7.04. The highest BCUT2D eigenvalue weighted by molar-refractivity contribution is 6.30. The van der Waals surface area contributed by atoms with Crippen molar-refractivity contribution in [3.05, 3.63) is 100 Å². The van der Waals surface area contributed by atoms with Crippen LogP contribution in [-0.4, -0.2) is 12.8 Å². The fourth-order valence-corrected chi connectivity index (χ4v) is 4.84. The average Bonchev–Trinajstić information content (AvgIpc) is 2.91. The molecule has 0 amide bonds. The van der Waals surface area contributed by atoms with E-state index in [9.17, 15) is 0 Å². The fraction of sp³-hybridized carbons (Fsp3) is 0.185. The first kappa shape index (κ1) is 19.0. The molecular weight excluding hydrogens is 390 g/mol. The molecule has 0 aromatic heterocycles. The third-order valence-corrected chi connectivity index (χ3v) is 6.68. The van der Waals surface area contributed by atoms with Crippen LogP contribution < -0.4 is 9.64 Å². The van der Waals surface area contributed by atoms with E-state index in [0.717, 1.165) is 27.6 Å². The van der Waals surface area contributed by atoms with Crippen LogP contribution in [-0.2, 0) is 5.41 Å². The first-order valence-corrected chi connectivity index (χ1v) is 10.6. The van der Waals surface area contributed by atoms with E-state index in [1.807, 2.05) is 24.3 Å². The molecule has 30 heavy (non-hydrogen) atoms. The summed E-state index contributed by atoms with van der Waals surface area (Å²) in [7, 11) is 2.09. The first-order chi connectivity index (χ1) is 14.4. The van der Waals surface area contributed by atoms with Crippen molar-refractivity contribution in [2.45, 2.75) is 25.0 Å². The highest BCUT2D eigenvalue weighted by Gasteiger charge is 2.57. The van der Waals surface area contributed by atoms with E-state index in [0.29, 0.717) is 0 Å². The van der Waals surface area contributed by atoms with Crippen LogP contribution >= 0.6 is 11.6 Å². The molecule has 0 fully saturated rings. The second-order valence-corrected chi connectivity index (χ2v) is 8.96. The summed E-state index contributed by atoms with van der Waals surface area (Å²) in [5.41, 5.74) is 4.93. The van der Waals surface area contributed by atoms with Gasteiger partial charge in [0.1, 0.15) is 5.75 Å². The van der Waals surface area contributed by atoms with Gasteiger partial charge in [-0.15, -0.1) is 0 Å². The molecule has 150 valence electrons. The van der Waals surface area contributed by atoms with Crippen LogP contribution in [0, 0.1) is 0 Å². The Morgan fingerprint density at radius 3 is 2.47 bits per heavy atom. The molecule has 0 aliphatic carbocycles. The van der Waals surface area contributed by atoms with Crippen LogP contribution in [0.2, 0.25) is 5.02 Å². The predicted molar refractivity (Wildman–Crippen MR) is 127 cm³/mol. The number of hydrogen-bond donors (Lipinski definition) is 0. The molecule has 5 rings (SSSR count). The van der Waals surface area contributed by atoms with Gasteiger partial charge in [-0.25, -0.2) is 0 Å². The monoisotopic (exact) mass is 413 g/mol. The summed E-state index contributed by atoms with van der Waals surface area (Å²) in [6.07, 6.45) is 8.64. The van der Waals surface area contributed by atoms with E-state index >= 15 is 0 Å². The molecular formula is C27H24ClNO. The normalized spacial score (nSPS) is 21.0. The quantitative estimate of drug-likeness (QED) is 0.418. The molecule has 0 radical (unpaired) electrons. The Hall–Kier alpha value is -2.97. The number of ether oxygens (including phenoxy) is 1. The van der Waals surface area contributed by atoms with Gasteiger partial charge in [-0.1, -0.05) is 60.2 Å². The third kappa shape index (κ3) is 2.79. The second-order valence-electron chi connectivity index (χ2n) is 8.52. The molecule has 1 unspecified atom stereocenters. The fourth-order valence-electron chi connectivity index (χ4n) is 4.66. The van der Waals surface area contributed by atoms with Gasteiger partial charge in [0.15, 0.2) is 0 Å². The van der Waals surface area contributed by atoms with Crippen molar-refractivity contribution in [2.24, 2.45) is 0 Å². The Balaban J connectivity index is 1.49. The van der Waals surface area contributed by atoms with Crippen molar-refractivity contribution >= 4 is 35.5 Å². The maximum absolute atomic E-state index is 6.72. The van der Waals surface area contributed by atoms with Crippen molar-refractivity contribution in [3.63, 3.8) is 0 Å². The van der Waals surface area contributed by atoms with Crippen LogP contribution in [0.1, 0.15) is 36.1 Å². The Morgan fingerprint density at radius 1 is 0.900 bits per heavy atom. The maximum Gasteiger partial charge on any atom is 0.211 e. The van der Waals surface area contributed by atoms with E-state index in [2.05, 4.69) is 92.6 Å². The van der Waals surface area contributed by atoms with Gasteiger partial charge in [-0.3, -0.25) is 0 Å². The standard InChI is InChI=1S/C27H24ClNO/c1-26(2)23-18-22(28)12-13-24(23)29(3)27(26)16-15-21-17-20(11-14-25(21)30-27)10-9-19-7-5-4-6-8-19/h4-18H,1-3H3/b10-9+. The highest BCUT2D eigenvalue weighted by Crippen LogP contribution is 2.54. The van der Waals surface area contributed by atoms with Crippen molar-refractivity contribution < 1.29 is 4.74 Å². The number of fused-ring (bicyclic) bond motifs is 2. The molecule has 0 bridgehead atoms. The SMILES string of the molecule is CN1c2ccc(Cl)cc2C(C)(C)C12C=Cc1cc(/C=C/c3ccccc3)ccc1O2. The number of benzene rings is 3. The number of hydrogen-bond acceptors (Lipinski definition) is 2. The molecule has 0 N–H and O–H groups in total. The van der Waals surface area contributed by atoms with E-state index in [1.54, 1.807) is 0 Å². The minimum atomic E-state index is -0.589. The molecule has 2 nitrogen and oxygen atoms in total. The maximum atomic E-state index is 6.72. The minimum absolute atomic E-state index is 0.262. The molecule has 0 saturated heterocycles. The molecule has 2 aliphatic heterocycles. The lowest BCUT2D eigenvalue weighted by Crippen LogP contribution is -2.58. The zero-order chi connectivity index (χ0) is 20.9. The molecule has 1 atom stereocenters. The van der Waals surface area contributed by atoms with Gasteiger partial charge in [0, 0.05) is 23.3 Å². The summed E-state index contributed by atoms with van der Waals surface area (Å²) in [6.45, 7) is 4.44. The molecule has 3 heteroatoms. The Bertz CT molecular complexity index is 1180. The zero-order valence-electron chi connectivity index (χ0n) is 17.4. The lowest BCUT2D eigenvalue weighted by atomic mass is 9.76. The van der Waals surface area contributed by atoms with Crippen LogP contribution in [0.3, 0.4) is 0 Å². The van der Waals surface area contributed by atoms with Crippen LogP contribution in [0.4, 0.5) is 5.69 Å². The van der Waals surface area contributed by atoms with Gasteiger partial charge in [0.05, 0.1) is 5.41 Å². The lowest BCUT2D eigenvalue weighted by Gasteiger charge is -2.45. The molecule has 2 heterocycles. The Kier molecular flexibility index (Phi) is 4.30. The van der Waals surface area contributed by atoms with Gasteiger partial charge < -0.3 is 9.64 Å². The van der Waals surface area contributed by atoms with Gasteiger partial charge in [0.25, 0.3) is 0 Å². The number of halogens is 1. The summed E-state index contributed by atoms with van der Waals surface area (Å²) in [5, 5.41) is 0.752.